The highest BCUT2D eigenvalue weighted by Gasteiger charge is 2.48. The van der Waals surface area contributed by atoms with Gasteiger partial charge in [-0.2, -0.15) is 0 Å². The zero-order valence-corrected chi connectivity index (χ0v) is 17.1. The molecule has 2 aromatic rings. The van der Waals surface area contributed by atoms with E-state index in [0.717, 1.165) is 63.8 Å². The summed E-state index contributed by atoms with van der Waals surface area (Å²) in [5.74, 6) is 0.244. The van der Waals surface area contributed by atoms with E-state index in [9.17, 15) is 4.79 Å². The molecule has 1 atom stereocenters. The Morgan fingerprint density at radius 1 is 1.00 bits per heavy atom. The van der Waals surface area contributed by atoms with Crippen molar-refractivity contribution in [2.24, 2.45) is 0 Å². The van der Waals surface area contributed by atoms with Gasteiger partial charge in [0.1, 0.15) is 0 Å². The number of nitrogens with zero attached hydrogens (tertiary/aromatic N) is 1. The van der Waals surface area contributed by atoms with Gasteiger partial charge in [0.15, 0.2) is 0 Å². The molecular weight excluding hydrogens is 356 g/mol. The first-order chi connectivity index (χ1) is 14.3. The molecule has 0 bridgehead atoms. The van der Waals surface area contributed by atoms with E-state index in [4.69, 9.17) is 0 Å². The zero-order chi connectivity index (χ0) is 19.7. The van der Waals surface area contributed by atoms with Crippen LogP contribution in [0.1, 0.15) is 55.2 Å². The van der Waals surface area contributed by atoms with E-state index in [1.165, 1.54) is 28.7 Å². The van der Waals surface area contributed by atoms with Crippen molar-refractivity contribution >= 4 is 17.2 Å². The smallest absolute Gasteiger partial charge is 0.235 e. The summed E-state index contributed by atoms with van der Waals surface area (Å²) < 4.78 is 0. The molecule has 150 valence electrons. The van der Waals surface area contributed by atoms with Crippen molar-refractivity contribution in [2.75, 3.05) is 25.0 Å². The van der Waals surface area contributed by atoms with E-state index in [1.54, 1.807) is 0 Å². The molecule has 2 aromatic carbocycles. The lowest BCUT2D eigenvalue weighted by Crippen LogP contribution is -2.37. The predicted octanol–water partition coefficient (Wildman–Crippen LogP) is 5.17. The van der Waals surface area contributed by atoms with Gasteiger partial charge in [-0.05, 0) is 73.4 Å². The Morgan fingerprint density at radius 2 is 1.90 bits per heavy atom. The molecule has 2 heterocycles. The standard InChI is InChI=1S/C26H30N2O/c29-25-26(16-7-11-22-10-6-12-23(27-25)24(22)26)15-4-5-17-28-18-13-21(14-19-28)20-8-2-1-3-9-20/h1-3,6,8-10,12-13H,4-5,7,11,14-19H2,(H,27,29)/t26-/m1/s1. The maximum Gasteiger partial charge on any atom is 0.235 e. The largest absolute Gasteiger partial charge is 0.325 e. The minimum absolute atomic E-state index is 0.244. The van der Waals surface area contributed by atoms with E-state index in [0.29, 0.717) is 0 Å². The Morgan fingerprint density at radius 3 is 2.72 bits per heavy atom. The topological polar surface area (TPSA) is 32.3 Å². The quantitative estimate of drug-likeness (QED) is 0.695. The Bertz CT molecular complexity index is 933. The van der Waals surface area contributed by atoms with Crippen molar-refractivity contribution in [3.8, 4) is 0 Å². The van der Waals surface area contributed by atoms with Crippen LogP contribution in [0.15, 0.2) is 54.6 Å². The molecule has 0 fully saturated rings. The zero-order valence-electron chi connectivity index (χ0n) is 17.1. The first kappa shape index (κ1) is 18.6. The van der Waals surface area contributed by atoms with E-state index in [-0.39, 0.29) is 11.3 Å². The third-order valence-electron chi connectivity index (χ3n) is 7.13. The molecule has 0 saturated heterocycles. The number of hydrogen-bond acceptors (Lipinski definition) is 2. The van der Waals surface area contributed by atoms with E-state index < -0.39 is 0 Å². The summed E-state index contributed by atoms with van der Waals surface area (Å²) in [6, 6.07) is 17.1. The number of hydrogen-bond donors (Lipinski definition) is 1. The molecule has 0 aromatic heterocycles. The van der Waals surface area contributed by atoms with Gasteiger partial charge in [-0.3, -0.25) is 9.69 Å². The van der Waals surface area contributed by atoms with Crippen LogP contribution in [-0.2, 0) is 16.6 Å². The van der Waals surface area contributed by atoms with E-state index in [1.807, 2.05) is 0 Å². The number of carbonyl (C=O) groups is 1. The van der Waals surface area contributed by atoms with Crippen molar-refractivity contribution in [3.05, 3.63) is 71.3 Å². The number of amides is 1. The third-order valence-corrected chi connectivity index (χ3v) is 7.13. The molecule has 3 aliphatic rings. The summed E-state index contributed by atoms with van der Waals surface area (Å²) in [4.78, 5) is 15.5. The highest BCUT2D eigenvalue weighted by molar-refractivity contribution is 6.07. The molecule has 3 nitrogen and oxygen atoms in total. The molecule has 1 N–H and O–H groups in total. The van der Waals surface area contributed by atoms with Gasteiger partial charge in [-0.25, -0.2) is 0 Å². The first-order valence-electron chi connectivity index (χ1n) is 11.2. The summed E-state index contributed by atoms with van der Waals surface area (Å²) >= 11 is 0. The maximum atomic E-state index is 12.9. The fourth-order valence-electron chi connectivity index (χ4n) is 5.61. The number of rotatable bonds is 6. The van der Waals surface area contributed by atoms with Gasteiger partial charge in [0, 0.05) is 18.8 Å². The predicted molar refractivity (Wildman–Crippen MR) is 119 cm³/mol. The molecule has 0 radical (unpaired) electrons. The van der Waals surface area contributed by atoms with Crippen molar-refractivity contribution in [3.63, 3.8) is 0 Å². The van der Waals surface area contributed by atoms with Crippen LogP contribution in [0.25, 0.3) is 5.57 Å². The van der Waals surface area contributed by atoms with Crippen molar-refractivity contribution < 1.29 is 4.79 Å². The lowest BCUT2D eigenvalue weighted by molar-refractivity contribution is -0.121. The summed E-state index contributed by atoms with van der Waals surface area (Å²) in [7, 11) is 0. The van der Waals surface area contributed by atoms with Crippen LogP contribution in [0.5, 0.6) is 0 Å². The third kappa shape index (κ3) is 3.42. The normalized spacial score (nSPS) is 23.4. The summed E-state index contributed by atoms with van der Waals surface area (Å²) in [6.45, 7) is 3.31. The van der Waals surface area contributed by atoms with Crippen LogP contribution < -0.4 is 5.32 Å². The second-order valence-corrected chi connectivity index (χ2v) is 8.83. The number of nitrogens with one attached hydrogen (secondary N) is 1. The highest BCUT2D eigenvalue weighted by atomic mass is 16.2. The minimum atomic E-state index is -0.257. The lowest BCUT2D eigenvalue weighted by atomic mass is 9.68. The summed E-state index contributed by atoms with van der Waals surface area (Å²) in [5, 5.41) is 3.17. The first-order valence-corrected chi connectivity index (χ1v) is 11.2. The summed E-state index contributed by atoms with van der Waals surface area (Å²) in [6.07, 6.45) is 10.1. The average Bonchev–Trinajstić information content (AvgIpc) is 3.06. The van der Waals surface area contributed by atoms with Gasteiger partial charge in [-0.1, -0.05) is 55.0 Å². The van der Waals surface area contributed by atoms with Gasteiger partial charge in [-0.15, -0.1) is 0 Å². The molecule has 0 saturated carbocycles. The summed E-state index contributed by atoms with van der Waals surface area (Å²) in [5.41, 5.74) is 6.38. The van der Waals surface area contributed by atoms with Gasteiger partial charge < -0.3 is 5.32 Å². The van der Waals surface area contributed by atoms with Crippen LogP contribution in [0.2, 0.25) is 0 Å². The fraction of sp³-hybridized carbons (Fsp3) is 0.423. The Kier molecular flexibility index (Phi) is 5.01. The number of carbonyl (C=O) groups excluding carboxylic acids is 1. The SMILES string of the molecule is O=C1Nc2cccc3c2[C@@]1(CCCCN1CC=C(c2ccccc2)CC1)CCC3. The molecular formula is C26H30N2O. The average molecular weight is 387 g/mol. The second kappa shape index (κ2) is 7.79. The number of aryl methyl sites for hydroxylation is 1. The molecule has 29 heavy (non-hydrogen) atoms. The molecule has 1 aliphatic carbocycles. The van der Waals surface area contributed by atoms with Gasteiger partial charge in [0.05, 0.1) is 5.41 Å². The monoisotopic (exact) mass is 386 g/mol. The van der Waals surface area contributed by atoms with Gasteiger partial charge in [0.2, 0.25) is 5.91 Å². The minimum Gasteiger partial charge on any atom is -0.325 e. The molecule has 3 heteroatoms. The Balaban J connectivity index is 1.17. The molecule has 0 spiro atoms. The van der Waals surface area contributed by atoms with Crippen LogP contribution in [0, 0.1) is 0 Å². The van der Waals surface area contributed by atoms with Crippen LogP contribution >= 0.6 is 0 Å². The van der Waals surface area contributed by atoms with Crippen molar-refractivity contribution in [1.29, 1.82) is 0 Å². The van der Waals surface area contributed by atoms with Gasteiger partial charge in [0.25, 0.3) is 0 Å². The van der Waals surface area contributed by atoms with E-state index >= 15 is 0 Å². The Labute approximate surface area is 173 Å². The second-order valence-electron chi connectivity index (χ2n) is 8.83. The number of benzene rings is 2. The van der Waals surface area contributed by atoms with Crippen LogP contribution in [-0.4, -0.2) is 30.4 Å². The molecule has 1 amide bonds. The molecule has 0 unspecified atom stereocenters. The van der Waals surface area contributed by atoms with E-state index in [2.05, 4.69) is 64.8 Å². The van der Waals surface area contributed by atoms with Crippen molar-refractivity contribution in [1.82, 2.24) is 4.90 Å². The maximum absolute atomic E-state index is 12.9. The van der Waals surface area contributed by atoms with Crippen molar-refractivity contribution in [2.45, 2.75) is 50.4 Å². The number of unbranched alkanes of at least 4 members (excludes halogenated alkanes) is 1. The van der Waals surface area contributed by atoms with Crippen LogP contribution in [0.3, 0.4) is 0 Å². The van der Waals surface area contributed by atoms with Gasteiger partial charge >= 0.3 is 0 Å². The Hall–Kier alpha value is -2.39. The number of anilines is 1. The molecule has 5 rings (SSSR count). The highest BCUT2D eigenvalue weighted by Crippen LogP contribution is 2.49. The molecule has 2 aliphatic heterocycles. The lowest BCUT2D eigenvalue weighted by Gasteiger charge is -2.33. The fourth-order valence-corrected chi connectivity index (χ4v) is 5.61. The van der Waals surface area contributed by atoms with Crippen LogP contribution in [0.4, 0.5) is 5.69 Å².